The highest BCUT2D eigenvalue weighted by Gasteiger charge is 2.26. The fourth-order valence-electron chi connectivity index (χ4n) is 4.09. The topological polar surface area (TPSA) is 70.7 Å². The first-order chi connectivity index (χ1) is 13.5. The van der Waals surface area contributed by atoms with Gasteiger partial charge < -0.3 is 20.3 Å². The van der Waals surface area contributed by atoms with Crippen LogP contribution < -0.4 is 10.6 Å². The van der Waals surface area contributed by atoms with Gasteiger partial charge in [-0.3, -0.25) is 9.59 Å². The molecule has 2 N–H and O–H groups in total. The van der Waals surface area contributed by atoms with Crippen molar-refractivity contribution >= 4 is 24.2 Å². The van der Waals surface area contributed by atoms with Crippen LogP contribution in [0.25, 0.3) is 0 Å². The molecule has 1 aromatic carbocycles. The Kier molecular flexibility index (Phi) is 9.40. The highest BCUT2D eigenvalue weighted by atomic mass is 35.5. The third-order valence-corrected chi connectivity index (χ3v) is 5.64. The molecule has 3 rings (SSSR count). The Morgan fingerprint density at radius 2 is 1.72 bits per heavy atom. The number of morpholine rings is 1. The number of ether oxygens (including phenoxy) is 1. The molecule has 162 valence electrons. The molecule has 0 aliphatic carbocycles. The van der Waals surface area contributed by atoms with Gasteiger partial charge in [0.05, 0.1) is 12.2 Å². The molecule has 2 atom stereocenters. The third kappa shape index (κ3) is 7.28. The van der Waals surface area contributed by atoms with Crippen molar-refractivity contribution in [2.75, 3.05) is 26.2 Å². The van der Waals surface area contributed by atoms with Crippen LogP contribution in [0.15, 0.2) is 24.3 Å². The smallest absolute Gasteiger partial charge is 0.254 e. The van der Waals surface area contributed by atoms with E-state index in [-0.39, 0.29) is 36.4 Å². The van der Waals surface area contributed by atoms with Crippen LogP contribution in [0.4, 0.5) is 0 Å². The number of nitrogens with zero attached hydrogens (tertiary/aromatic N) is 1. The maximum atomic E-state index is 12.7. The second-order valence-corrected chi connectivity index (χ2v) is 8.17. The average Bonchev–Trinajstić information content (AvgIpc) is 2.70. The minimum absolute atomic E-state index is 0. The molecule has 2 aliphatic rings. The molecule has 29 heavy (non-hydrogen) atoms. The summed E-state index contributed by atoms with van der Waals surface area (Å²) in [5.74, 6) is 0.817. The van der Waals surface area contributed by atoms with E-state index < -0.39 is 0 Å². The van der Waals surface area contributed by atoms with Crippen LogP contribution in [0.1, 0.15) is 55.5 Å². The molecular formula is C22H34ClN3O3. The van der Waals surface area contributed by atoms with Crippen LogP contribution in [0.3, 0.4) is 0 Å². The van der Waals surface area contributed by atoms with Crippen molar-refractivity contribution in [3.05, 3.63) is 35.4 Å². The summed E-state index contributed by atoms with van der Waals surface area (Å²) in [6.07, 6.45) is 4.03. The Morgan fingerprint density at radius 3 is 2.34 bits per heavy atom. The van der Waals surface area contributed by atoms with E-state index in [1.54, 1.807) is 0 Å². The molecule has 6 nitrogen and oxygen atoms in total. The van der Waals surface area contributed by atoms with Crippen LogP contribution in [-0.4, -0.2) is 55.1 Å². The van der Waals surface area contributed by atoms with E-state index in [2.05, 4.69) is 10.6 Å². The zero-order valence-corrected chi connectivity index (χ0v) is 18.3. The molecule has 2 amide bonds. The number of rotatable bonds is 6. The zero-order valence-electron chi connectivity index (χ0n) is 17.5. The fraction of sp³-hybridized carbons (Fsp3) is 0.636. The van der Waals surface area contributed by atoms with Crippen molar-refractivity contribution < 1.29 is 14.3 Å². The number of hydrogen-bond donors (Lipinski definition) is 2. The van der Waals surface area contributed by atoms with Gasteiger partial charge in [0.1, 0.15) is 0 Å². The lowest BCUT2D eigenvalue weighted by Crippen LogP contribution is -2.48. The van der Waals surface area contributed by atoms with E-state index in [4.69, 9.17) is 4.74 Å². The van der Waals surface area contributed by atoms with E-state index in [9.17, 15) is 9.59 Å². The van der Waals surface area contributed by atoms with Crippen LogP contribution in [0.2, 0.25) is 0 Å². The van der Waals surface area contributed by atoms with Gasteiger partial charge in [-0.15, -0.1) is 12.4 Å². The molecule has 7 heteroatoms. The summed E-state index contributed by atoms with van der Waals surface area (Å²) in [5, 5.41) is 6.35. The number of hydrogen-bond acceptors (Lipinski definition) is 4. The zero-order chi connectivity index (χ0) is 19.9. The number of carbonyl (C=O) groups is 2. The molecule has 2 aliphatic heterocycles. The first kappa shape index (κ1) is 23.6. The quantitative estimate of drug-likeness (QED) is 0.738. The van der Waals surface area contributed by atoms with E-state index in [0.29, 0.717) is 37.5 Å². The molecule has 0 bridgehead atoms. The van der Waals surface area contributed by atoms with Crippen molar-refractivity contribution in [1.29, 1.82) is 0 Å². The van der Waals surface area contributed by atoms with Crippen LogP contribution in [0, 0.1) is 5.92 Å². The van der Waals surface area contributed by atoms with Crippen LogP contribution in [-0.2, 0) is 16.1 Å². The van der Waals surface area contributed by atoms with Crippen molar-refractivity contribution in [3.8, 4) is 0 Å². The molecule has 2 fully saturated rings. The summed E-state index contributed by atoms with van der Waals surface area (Å²) < 4.78 is 5.70. The first-order valence-corrected chi connectivity index (χ1v) is 10.5. The van der Waals surface area contributed by atoms with Crippen molar-refractivity contribution in [1.82, 2.24) is 15.5 Å². The van der Waals surface area contributed by atoms with Crippen LogP contribution >= 0.6 is 12.4 Å². The molecule has 2 heterocycles. The van der Waals surface area contributed by atoms with Gasteiger partial charge in [0, 0.05) is 31.6 Å². The van der Waals surface area contributed by atoms with Gasteiger partial charge >= 0.3 is 0 Å². The Morgan fingerprint density at radius 1 is 1.10 bits per heavy atom. The monoisotopic (exact) mass is 423 g/mol. The Labute approximate surface area is 180 Å². The van der Waals surface area contributed by atoms with E-state index in [0.717, 1.165) is 25.1 Å². The molecule has 0 spiro atoms. The molecule has 0 radical (unpaired) electrons. The van der Waals surface area contributed by atoms with Crippen LogP contribution in [0.5, 0.6) is 0 Å². The summed E-state index contributed by atoms with van der Waals surface area (Å²) in [4.78, 5) is 26.7. The normalized spacial score (nSPS) is 22.6. The lowest BCUT2D eigenvalue weighted by atomic mass is 9.93. The maximum absolute atomic E-state index is 12.7. The summed E-state index contributed by atoms with van der Waals surface area (Å²) in [5.41, 5.74) is 1.69. The summed E-state index contributed by atoms with van der Waals surface area (Å²) in [7, 11) is 0. The molecule has 0 saturated carbocycles. The second-order valence-electron chi connectivity index (χ2n) is 8.17. The predicted octanol–water partition coefficient (Wildman–Crippen LogP) is 2.75. The predicted molar refractivity (Wildman–Crippen MR) is 116 cm³/mol. The minimum atomic E-state index is 0. The lowest BCUT2D eigenvalue weighted by molar-refractivity contribution is -0.121. The third-order valence-electron chi connectivity index (χ3n) is 5.64. The van der Waals surface area contributed by atoms with E-state index >= 15 is 0 Å². The summed E-state index contributed by atoms with van der Waals surface area (Å²) in [6.45, 7) is 7.88. The van der Waals surface area contributed by atoms with Gasteiger partial charge in [0.15, 0.2) is 0 Å². The van der Waals surface area contributed by atoms with E-state index in [1.807, 2.05) is 43.0 Å². The van der Waals surface area contributed by atoms with Crippen molar-refractivity contribution in [3.63, 3.8) is 0 Å². The maximum Gasteiger partial charge on any atom is 0.254 e. The van der Waals surface area contributed by atoms with E-state index in [1.165, 1.54) is 12.8 Å². The Bertz CT molecular complexity index is 652. The van der Waals surface area contributed by atoms with Crippen molar-refractivity contribution in [2.45, 2.75) is 58.3 Å². The highest BCUT2D eigenvalue weighted by Crippen LogP contribution is 2.18. The first-order valence-electron chi connectivity index (χ1n) is 10.5. The number of nitrogens with one attached hydrogen (secondary N) is 2. The number of halogens is 1. The standard InChI is InChI=1S/C22H33N3O3.ClH/c1-16-14-25(15-17(2)28-16)22(27)20-6-3-19(4-7-20)13-24-21(26)8-5-18-9-11-23-12-10-18;/h3-4,6-7,16-18,23H,5,8-15H2,1-2H3,(H,24,26);1H. The average molecular weight is 424 g/mol. The minimum Gasteiger partial charge on any atom is -0.372 e. The number of amides is 2. The number of carbonyl (C=O) groups excluding carboxylic acids is 2. The fourth-order valence-corrected chi connectivity index (χ4v) is 4.09. The summed E-state index contributed by atoms with van der Waals surface area (Å²) in [6, 6.07) is 7.55. The second kappa shape index (κ2) is 11.5. The SMILES string of the molecule is CC1CN(C(=O)c2ccc(CNC(=O)CCC3CCNCC3)cc2)CC(C)O1.Cl. The van der Waals surface area contributed by atoms with Gasteiger partial charge in [-0.2, -0.15) is 0 Å². The lowest BCUT2D eigenvalue weighted by Gasteiger charge is -2.35. The number of benzene rings is 1. The molecule has 1 aromatic rings. The molecule has 2 unspecified atom stereocenters. The van der Waals surface area contributed by atoms with Gasteiger partial charge in [-0.05, 0) is 69.8 Å². The Balaban J connectivity index is 0.00000300. The van der Waals surface area contributed by atoms with Crippen molar-refractivity contribution in [2.24, 2.45) is 5.92 Å². The molecule has 0 aromatic heterocycles. The van der Waals surface area contributed by atoms with Gasteiger partial charge in [0.2, 0.25) is 5.91 Å². The molecule has 2 saturated heterocycles. The Hall–Kier alpha value is -1.63. The largest absolute Gasteiger partial charge is 0.372 e. The molecular weight excluding hydrogens is 390 g/mol. The van der Waals surface area contributed by atoms with Gasteiger partial charge in [-0.25, -0.2) is 0 Å². The summed E-state index contributed by atoms with van der Waals surface area (Å²) >= 11 is 0. The highest BCUT2D eigenvalue weighted by molar-refractivity contribution is 5.94. The number of piperidine rings is 1. The van der Waals surface area contributed by atoms with Gasteiger partial charge in [-0.1, -0.05) is 12.1 Å². The van der Waals surface area contributed by atoms with Gasteiger partial charge in [0.25, 0.3) is 5.91 Å².